The van der Waals surface area contributed by atoms with E-state index in [2.05, 4.69) is 10.6 Å². The van der Waals surface area contributed by atoms with Crippen LogP contribution in [-0.2, 0) is 17.8 Å². The van der Waals surface area contributed by atoms with Crippen molar-refractivity contribution in [3.63, 3.8) is 0 Å². The Bertz CT molecular complexity index is 782. The van der Waals surface area contributed by atoms with Crippen LogP contribution in [0.3, 0.4) is 0 Å². The molecule has 0 fully saturated rings. The number of hydrogen-bond acceptors (Lipinski definition) is 3. The summed E-state index contributed by atoms with van der Waals surface area (Å²) in [5.41, 5.74) is 2.81. The summed E-state index contributed by atoms with van der Waals surface area (Å²) < 4.78 is 20.5. The number of hydrogen-bond donors (Lipinski definition) is 2. The molecule has 2 aromatic carbocycles. The quantitative estimate of drug-likeness (QED) is 0.826. The molecule has 0 aliphatic carbocycles. The molecule has 1 amide bonds. The summed E-state index contributed by atoms with van der Waals surface area (Å²) in [5, 5.41) is 5.91. The number of anilines is 1. The molecule has 0 aromatic heterocycles. The van der Waals surface area contributed by atoms with E-state index in [4.69, 9.17) is 4.74 Å². The SMILES string of the molecule is CCC(Oc1ccccc1C)C(=O)Nc1ccc2c(c1F)CCNC2.Cl. The summed E-state index contributed by atoms with van der Waals surface area (Å²) in [6, 6.07) is 11.0. The predicted molar refractivity (Wildman–Crippen MR) is 104 cm³/mol. The molecule has 3 rings (SSSR count). The van der Waals surface area contributed by atoms with Crippen LogP contribution in [0.25, 0.3) is 0 Å². The van der Waals surface area contributed by atoms with E-state index in [0.717, 1.165) is 17.7 Å². The molecule has 2 aromatic rings. The highest BCUT2D eigenvalue weighted by Crippen LogP contribution is 2.25. The van der Waals surface area contributed by atoms with Crippen molar-refractivity contribution in [2.45, 2.75) is 39.3 Å². The third-order valence-corrected chi connectivity index (χ3v) is 4.49. The molecule has 4 nitrogen and oxygen atoms in total. The number of rotatable bonds is 5. The zero-order valence-electron chi connectivity index (χ0n) is 15.0. The predicted octanol–water partition coefficient (Wildman–Crippen LogP) is 4.00. The van der Waals surface area contributed by atoms with Crippen LogP contribution >= 0.6 is 12.4 Å². The Kier molecular flexibility index (Phi) is 7.00. The summed E-state index contributed by atoms with van der Waals surface area (Å²) in [6.45, 7) is 5.21. The molecule has 1 unspecified atom stereocenters. The third kappa shape index (κ3) is 4.34. The Morgan fingerprint density at radius 2 is 2.08 bits per heavy atom. The average molecular weight is 379 g/mol. The molecule has 2 N–H and O–H groups in total. The minimum absolute atomic E-state index is 0. The zero-order valence-corrected chi connectivity index (χ0v) is 15.8. The highest BCUT2D eigenvalue weighted by Gasteiger charge is 2.22. The lowest BCUT2D eigenvalue weighted by Gasteiger charge is -2.21. The van der Waals surface area contributed by atoms with Gasteiger partial charge in [0.2, 0.25) is 0 Å². The van der Waals surface area contributed by atoms with Crippen molar-refractivity contribution < 1.29 is 13.9 Å². The summed E-state index contributed by atoms with van der Waals surface area (Å²) in [6.07, 6.45) is 0.455. The van der Waals surface area contributed by atoms with Crippen molar-refractivity contribution in [1.82, 2.24) is 5.32 Å². The summed E-state index contributed by atoms with van der Waals surface area (Å²) >= 11 is 0. The molecule has 0 saturated heterocycles. The Labute approximate surface area is 159 Å². The number of fused-ring (bicyclic) bond motifs is 1. The van der Waals surface area contributed by atoms with E-state index >= 15 is 0 Å². The number of carbonyl (C=O) groups excluding carboxylic acids is 1. The van der Waals surface area contributed by atoms with Gasteiger partial charge in [-0.05, 0) is 55.1 Å². The molecule has 1 aliphatic rings. The number of aryl methyl sites for hydroxylation is 1. The summed E-state index contributed by atoms with van der Waals surface area (Å²) in [5.74, 6) is -0.00174. The molecule has 0 radical (unpaired) electrons. The van der Waals surface area contributed by atoms with E-state index in [1.165, 1.54) is 0 Å². The summed E-state index contributed by atoms with van der Waals surface area (Å²) in [7, 11) is 0. The van der Waals surface area contributed by atoms with Crippen LogP contribution in [0, 0.1) is 12.7 Å². The maximum Gasteiger partial charge on any atom is 0.265 e. The van der Waals surface area contributed by atoms with Gasteiger partial charge < -0.3 is 15.4 Å². The highest BCUT2D eigenvalue weighted by molar-refractivity contribution is 5.94. The van der Waals surface area contributed by atoms with E-state index in [9.17, 15) is 9.18 Å². The van der Waals surface area contributed by atoms with Crippen molar-refractivity contribution in [2.24, 2.45) is 0 Å². The highest BCUT2D eigenvalue weighted by atomic mass is 35.5. The van der Waals surface area contributed by atoms with E-state index in [-0.39, 0.29) is 29.8 Å². The van der Waals surface area contributed by atoms with Crippen LogP contribution in [0.4, 0.5) is 10.1 Å². The molecule has 1 heterocycles. The monoisotopic (exact) mass is 378 g/mol. The number of halogens is 2. The molecule has 140 valence electrons. The van der Waals surface area contributed by atoms with Crippen molar-refractivity contribution in [3.05, 3.63) is 58.9 Å². The van der Waals surface area contributed by atoms with Gasteiger partial charge in [0.1, 0.15) is 11.6 Å². The van der Waals surface area contributed by atoms with Crippen LogP contribution in [0.15, 0.2) is 36.4 Å². The summed E-state index contributed by atoms with van der Waals surface area (Å²) in [4.78, 5) is 12.6. The minimum Gasteiger partial charge on any atom is -0.480 e. The van der Waals surface area contributed by atoms with E-state index in [1.54, 1.807) is 6.07 Å². The van der Waals surface area contributed by atoms with Crippen LogP contribution < -0.4 is 15.4 Å². The minimum atomic E-state index is -0.668. The Morgan fingerprint density at radius 1 is 1.31 bits per heavy atom. The number of carbonyl (C=O) groups is 1. The second-order valence-electron chi connectivity index (χ2n) is 6.26. The second kappa shape index (κ2) is 9.01. The number of amides is 1. The molecular formula is C20H24ClFN2O2. The van der Waals surface area contributed by atoms with Crippen LogP contribution in [-0.4, -0.2) is 18.6 Å². The maximum absolute atomic E-state index is 14.7. The number of benzene rings is 2. The van der Waals surface area contributed by atoms with Gasteiger partial charge in [-0.2, -0.15) is 0 Å². The lowest BCUT2D eigenvalue weighted by atomic mass is 9.99. The van der Waals surface area contributed by atoms with Gasteiger partial charge in [-0.1, -0.05) is 31.2 Å². The molecule has 1 atom stereocenters. The average Bonchev–Trinajstić information content (AvgIpc) is 2.63. The molecule has 26 heavy (non-hydrogen) atoms. The molecule has 0 saturated carbocycles. The molecular weight excluding hydrogens is 355 g/mol. The van der Waals surface area contributed by atoms with E-state index < -0.39 is 6.10 Å². The fraction of sp³-hybridized carbons (Fsp3) is 0.350. The van der Waals surface area contributed by atoms with Crippen molar-refractivity contribution in [1.29, 1.82) is 0 Å². The lowest BCUT2D eigenvalue weighted by molar-refractivity contribution is -0.122. The lowest BCUT2D eigenvalue weighted by Crippen LogP contribution is -2.33. The van der Waals surface area contributed by atoms with Gasteiger partial charge in [0.15, 0.2) is 6.10 Å². The van der Waals surface area contributed by atoms with Gasteiger partial charge in [0, 0.05) is 6.54 Å². The van der Waals surface area contributed by atoms with Gasteiger partial charge in [0.25, 0.3) is 5.91 Å². The van der Waals surface area contributed by atoms with Crippen LogP contribution in [0.2, 0.25) is 0 Å². The first-order chi connectivity index (χ1) is 12.1. The van der Waals surface area contributed by atoms with Gasteiger partial charge >= 0.3 is 0 Å². The fourth-order valence-electron chi connectivity index (χ4n) is 3.01. The van der Waals surface area contributed by atoms with E-state index in [1.807, 2.05) is 44.2 Å². The first kappa shape index (κ1) is 20.2. The first-order valence-electron chi connectivity index (χ1n) is 8.64. The second-order valence-corrected chi connectivity index (χ2v) is 6.26. The molecule has 0 spiro atoms. The first-order valence-corrected chi connectivity index (χ1v) is 8.64. The van der Waals surface area contributed by atoms with Crippen molar-refractivity contribution in [3.8, 4) is 5.75 Å². The molecule has 6 heteroatoms. The normalized spacial score (nSPS) is 14.0. The third-order valence-electron chi connectivity index (χ3n) is 4.49. The van der Waals surface area contributed by atoms with Gasteiger partial charge in [-0.3, -0.25) is 4.79 Å². The number of para-hydroxylation sites is 1. The smallest absolute Gasteiger partial charge is 0.265 e. The molecule has 1 aliphatic heterocycles. The van der Waals surface area contributed by atoms with Crippen molar-refractivity contribution >= 4 is 24.0 Å². The fourth-order valence-corrected chi connectivity index (χ4v) is 3.01. The largest absolute Gasteiger partial charge is 0.480 e. The van der Waals surface area contributed by atoms with Gasteiger partial charge in [-0.15, -0.1) is 12.4 Å². The number of nitrogens with one attached hydrogen (secondary N) is 2. The maximum atomic E-state index is 14.7. The van der Waals surface area contributed by atoms with Crippen LogP contribution in [0.1, 0.15) is 30.0 Å². The Balaban J connectivity index is 0.00000243. The van der Waals surface area contributed by atoms with Gasteiger partial charge in [-0.25, -0.2) is 4.39 Å². The van der Waals surface area contributed by atoms with Gasteiger partial charge in [0.05, 0.1) is 5.69 Å². The van der Waals surface area contributed by atoms with Crippen molar-refractivity contribution in [2.75, 3.05) is 11.9 Å². The molecule has 0 bridgehead atoms. The topological polar surface area (TPSA) is 50.4 Å². The Hall–Kier alpha value is -2.11. The van der Waals surface area contributed by atoms with E-state index in [0.29, 0.717) is 30.7 Å². The van der Waals surface area contributed by atoms with Crippen LogP contribution in [0.5, 0.6) is 5.75 Å². The standard InChI is InChI=1S/C20H23FN2O2.ClH/c1-3-17(25-18-7-5-4-6-13(18)2)20(24)23-16-9-8-14-12-22-11-10-15(14)19(16)21;/h4-9,17,22H,3,10-12H2,1-2H3,(H,23,24);1H. The Morgan fingerprint density at radius 3 is 2.81 bits per heavy atom. The number of ether oxygens (including phenoxy) is 1. The zero-order chi connectivity index (χ0) is 17.8.